The molecular formula is C22H18. The van der Waals surface area contributed by atoms with Crippen LogP contribution >= 0.6 is 0 Å². The molecule has 0 amide bonds. The van der Waals surface area contributed by atoms with Crippen LogP contribution in [0.5, 0.6) is 0 Å². The summed E-state index contributed by atoms with van der Waals surface area (Å²) in [4.78, 5) is 0. The molecule has 3 aromatic carbocycles. The summed E-state index contributed by atoms with van der Waals surface area (Å²) in [5.41, 5.74) is 11.8. The Morgan fingerprint density at radius 2 is 1.36 bits per heavy atom. The zero-order valence-corrected chi connectivity index (χ0v) is 13.0. The van der Waals surface area contributed by atoms with E-state index >= 15 is 0 Å². The molecule has 0 bridgehead atoms. The second kappa shape index (κ2) is 3.89. The van der Waals surface area contributed by atoms with Crippen LogP contribution in [0.2, 0.25) is 0 Å². The Labute approximate surface area is 131 Å². The monoisotopic (exact) mass is 282 g/mol. The van der Waals surface area contributed by atoms with Gasteiger partial charge in [-0.05, 0) is 50.9 Å². The Morgan fingerprint density at radius 3 is 2.23 bits per heavy atom. The lowest BCUT2D eigenvalue weighted by Gasteiger charge is -2.24. The van der Waals surface area contributed by atoms with E-state index in [0.717, 1.165) is 6.42 Å². The van der Waals surface area contributed by atoms with Gasteiger partial charge in [0.15, 0.2) is 0 Å². The second-order valence-electron chi connectivity index (χ2n) is 7.02. The fourth-order valence-corrected chi connectivity index (χ4v) is 4.55. The average molecular weight is 282 g/mol. The third-order valence-corrected chi connectivity index (χ3v) is 5.50. The number of hydrogen-bond acceptors (Lipinski definition) is 0. The Bertz CT molecular complexity index is 929. The van der Waals surface area contributed by atoms with Crippen molar-refractivity contribution in [3.8, 4) is 22.3 Å². The highest BCUT2D eigenvalue weighted by atomic mass is 14.4. The third-order valence-electron chi connectivity index (χ3n) is 5.50. The van der Waals surface area contributed by atoms with Gasteiger partial charge in [0, 0.05) is 5.41 Å². The summed E-state index contributed by atoms with van der Waals surface area (Å²) in [6.07, 6.45) is 1.08. The van der Waals surface area contributed by atoms with Crippen molar-refractivity contribution in [3.05, 3.63) is 82.9 Å². The lowest BCUT2D eigenvalue weighted by molar-refractivity contribution is 0.654. The molecule has 0 nitrogen and oxygen atoms in total. The van der Waals surface area contributed by atoms with Crippen molar-refractivity contribution in [2.75, 3.05) is 0 Å². The van der Waals surface area contributed by atoms with Crippen molar-refractivity contribution in [2.24, 2.45) is 0 Å². The summed E-state index contributed by atoms with van der Waals surface area (Å²) in [6.45, 7) is 4.75. The van der Waals surface area contributed by atoms with E-state index in [1.165, 1.54) is 33.4 Å². The molecule has 0 saturated heterocycles. The van der Waals surface area contributed by atoms with Crippen molar-refractivity contribution in [3.63, 3.8) is 0 Å². The van der Waals surface area contributed by atoms with Gasteiger partial charge in [0.1, 0.15) is 0 Å². The molecule has 0 fully saturated rings. The molecule has 0 heterocycles. The molecule has 106 valence electrons. The maximum atomic E-state index is 2.38. The van der Waals surface area contributed by atoms with E-state index in [1.807, 2.05) is 0 Å². The first-order chi connectivity index (χ1) is 10.7. The molecule has 0 unspecified atom stereocenters. The van der Waals surface area contributed by atoms with Gasteiger partial charge in [-0.1, -0.05) is 74.5 Å². The normalized spacial score (nSPS) is 15.9. The molecule has 5 rings (SSSR count). The molecule has 0 spiro atoms. The molecule has 3 aromatic rings. The Morgan fingerprint density at radius 1 is 0.682 bits per heavy atom. The molecule has 0 saturated carbocycles. The van der Waals surface area contributed by atoms with E-state index in [1.54, 1.807) is 11.1 Å². The van der Waals surface area contributed by atoms with Gasteiger partial charge in [-0.15, -0.1) is 0 Å². The number of rotatable bonds is 0. The summed E-state index contributed by atoms with van der Waals surface area (Å²) < 4.78 is 0. The number of fused-ring (bicyclic) bond motifs is 7. The molecule has 0 radical (unpaired) electrons. The van der Waals surface area contributed by atoms with Crippen molar-refractivity contribution in [2.45, 2.75) is 25.7 Å². The van der Waals surface area contributed by atoms with Crippen LogP contribution in [0, 0.1) is 0 Å². The van der Waals surface area contributed by atoms with Crippen molar-refractivity contribution in [1.29, 1.82) is 0 Å². The predicted molar refractivity (Wildman–Crippen MR) is 92.2 cm³/mol. The maximum Gasteiger partial charge on any atom is 0.0161 e. The van der Waals surface area contributed by atoms with Gasteiger partial charge in [0.25, 0.3) is 0 Å². The predicted octanol–water partition coefficient (Wildman–Crippen LogP) is 5.56. The summed E-state index contributed by atoms with van der Waals surface area (Å²) >= 11 is 0. The number of benzene rings is 3. The van der Waals surface area contributed by atoms with E-state index in [2.05, 4.69) is 74.5 Å². The van der Waals surface area contributed by atoms with Crippen LogP contribution < -0.4 is 0 Å². The van der Waals surface area contributed by atoms with Gasteiger partial charge in [-0.2, -0.15) is 0 Å². The highest BCUT2D eigenvalue weighted by molar-refractivity contribution is 5.88. The molecule has 2 aliphatic carbocycles. The van der Waals surface area contributed by atoms with Crippen molar-refractivity contribution < 1.29 is 0 Å². The zero-order chi connectivity index (χ0) is 14.9. The first kappa shape index (κ1) is 12.2. The van der Waals surface area contributed by atoms with Crippen LogP contribution in [0.25, 0.3) is 22.3 Å². The SMILES string of the molecule is CC1(C)c2ccccc2-c2ccc3c(c21)Cc1ccccc1-3. The van der Waals surface area contributed by atoms with E-state index < -0.39 is 0 Å². The molecule has 0 atom stereocenters. The van der Waals surface area contributed by atoms with Gasteiger partial charge in [0.05, 0.1) is 0 Å². The second-order valence-corrected chi connectivity index (χ2v) is 7.02. The average Bonchev–Trinajstić information content (AvgIpc) is 3.02. The minimum atomic E-state index is 0.0965. The summed E-state index contributed by atoms with van der Waals surface area (Å²) in [7, 11) is 0. The van der Waals surface area contributed by atoms with Crippen molar-refractivity contribution >= 4 is 0 Å². The fraction of sp³-hybridized carbons (Fsp3) is 0.182. The highest BCUT2D eigenvalue weighted by Gasteiger charge is 2.39. The molecule has 0 aromatic heterocycles. The van der Waals surface area contributed by atoms with E-state index in [0.29, 0.717) is 0 Å². The molecule has 22 heavy (non-hydrogen) atoms. The Kier molecular flexibility index (Phi) is 2.16. The third kappa shape index (κ3) is 1.33. The van der Waals surface area contributed by atoms with Gasteiger partial charge in [-0.25, -0.2) is 0 Å². The minimum Gasteiger partial charge on any atom is -0.0619 e. The van der Waals surface area contributed by atoms with Gasteiger partial charge < -0.3 is 0 Å². The van der Waals surface area contributed by atoms with Crippen LogP contribution in [0.1, 0.15) is 36.1 Å². The van der Waals surface area contributed by atoms with Gasteiger partial charge in [-0.3, -0.25) is 0 Å². The molecule has 0 heteroatoms. The van der Waals surface area contributed by atoms with Crippen LogP contribution in [0.15, 0.2) is 60.7 Å². The summed E-state index contributed by atoms with van der Waals surface area (Å²) in [5, 5.41) is 0. The van der Waals surface area contributed by atoms with Crippen LogP contribution in [-0.2, 0) is 11.8 Å². The van der Waals surface area contributed by atoms with Gasteiger partial charge in [0.2, 0.25) is 0 Å². The molecule has 2 aliphatic rings. The molecular weight excluding hydrogens is 264 g/mol. The zero-order valence-electron chi connectivity index (χ0n) is 13.0. The van der Waals surface area contributed by atoms with E-state index in [-0.39, 0.29) is 5.41 Å². The largest absolute Gasteiger partial charge is 0.0619 e. The number of hydrogen-bond donors (Lipinski definition) is 0. The lowest BCUT2D eigenvalue weighted by Crippen LogP contribution is -2.17. The van der Waals surface area contributed by atoms with E-state index in [9.17, 15) is 0 Å². The maximum absolute atomic E-state index is 2.38. The molecule has 0 aliphatic heterocycles. The van der Waals surface area contributed by atoms with Crippen LogP contribution in [0.3, 0.4) is 0 Å². The van der Waals surface area contributed by atoms with Crippen LogP contribution in [0.4, 0.5) is 0 Å². The topological polar surface area (TPSA) is 0 Å². The quantitative estimate of drug-likeness (QED) is 0.396. The van der Waals surface area contributed by atoms with Crippen LogP contribution in [-0.4, -0.2) is 0 Å². The standard InChI is InChI=1S/C22H18/c1-22(2)20-10-6-5-9-17(20)18-12-11-16-15-8-4-3-7-14(15)13-19(16)21(18)22/h3-12H,13H2,1-2H3. The van der Waals surface area contributed by atoms with Crippen molar-refractivity contribution in [1.82, 2.24) is 0 Å². The first-order valence-electron chi connectivity index (χ1n) is 8.02. The summed E-state index contributed by atoms with van der Waals surface area (Å²) in [5.74, 6) is 0. The highest BCUT2D eigenvalue weighted by Crippen LogP contribution is 2.53. The Balaban J connectivity index is 1.86. The minimum absolute atomic E-state index is 0.0965. The Hall–Kier alpha value is -2.34. The van der Waals surface area contributed by atoms with Gasteiger partial charge >= 0.3 is 0 Å². The first-order valence-corrected chi connectivity index (χ1v) is 8.02. The lowest BCUT2D eigenvalue weighted by atomic mass is 9.79. The smallest absolute Gasteiger partial charge is 0.0161 e. The molecule has 0 N–H and O–H groups in total. The summed E-state index contributed by atoms with van der Waals surface area (Å²) in [6, 6.07) is 22.4. The fourth-order valence-electron chi connectivity index (χ4n) is 4.55. The van der Waals surface area contributed by atoms with E-state index in [4.69, 9.17) is 0 Å².